The molecule has 1 aromatic carbocycles. The number of alkyl halides is 3. The zero-order valence-electron chi connectivity index (χ0n) is 12.4. The number of carbonyl (C=O) groups is 1. The number of carbonyl (C=O) groups excluding carboxylic acids is 1. The minimum Gasteiger partial charge on any atom is -0.326 e. The second-order valence-electron chi connectivity index (χ2n) is 6.45. The third-order valence-corrected chi connectivity index (χ3v) is 5.01. The standard InChI is InChI=1S/C16H18BrF3N2O/c17-11-6-10(16(18,19)20)7-14(8-11)22-15(23)5-9-3-12-1-2-13(4-9)21-12/h6-9,12-13,21H,1-5H2,(H,22,23). The zero-order chi connectivity index (χ0) is 16.6. The molecule has 2 unspecified atom stereocenters. The van der Waals surface area contributed by atoms with E-state index >= 15 is 0 Å². The molecule has 0 aromatic heterocycles. The van der Waals surface area contributed by atoms with E-state index in [1.165, 1.54) is 6.07 Å². The van der Waals surface area contributed by atoms with Crippen molar-refractivity contribution in [3.63, 3.8) is 0 Å². The number of fused-ring (bicyclic) bond motifs is 2. The van der Waals surface area contributed by atoms with Crippen molar-refractivity contribution in [2.45, 2.75) is 50.4 Å². The van der Waals surface area contributed by atoms with E-state index in [0.717, 1.165) is 37.8 Å². The Bertz CT molecular complexity index is 593. The second-order valence-corrected chi connectivity index (χ2v) is 7.37. The van der Waals surface area contributed by atoms with Crippen LogP contribution in [-0.4, -0.2) is 18.0 Å². The van der Waals surface area contributed by atoms with Gasteiger partial charge in [-0.05, 0) is 49.8 Å². The van der Waals surface area contributed by atoms with Crippen LogP contribution >= 0.6 is 15.9 Å². The molecule has 2 atom stereocenters. The predicted octanol–water partition coefficient (Wildman–Crippen LogP) is 4.33. The molecule has 1 amide bonds. The molecule has 0 aliphatic carbocycles. The van der Waals surface area contributed by atoms with Crippen molar-refractivity contribution >= 4 is 27.5 Å². The summed E-state index contributed by atoms with van der Waals surface area (Å²) in [4.78, 5) is 12.2. The number of halogens is 4. The van der Waals surface area contributed by atoms with E-state index in [-0.39, 0.29) is 11.6 Å². The highest BCUT2D eigenvalue weighted by atomic mass is 79.9. The summed E-state index contributed by atoms with van der Waals surface area (Å²) in [6, 6.07) is 4.44. The van der Waals surface area contributed by atoms with E-state index in [9.17, 15) is 18.0 Å². The van der Waals surface area contributed by atoms with E-state index in [1.807, 2.05) is 0 Å². The summed E-state index contributed by atoms with van der Waals surface area (Å²) in [7, 11) is 0. The molecule has 0 spiro atoms. The first-order valence-corrected chi connectivity index (χ1v) is 8.52. The van der Waals surface area contributed by atoms with Crippen LogP contribution in [0.25, 0.3) is 0 Å². The van der Waals surface area contributed by atoms with Gasteiger partial charge in [0, 0.05) is 28.7 Å². The number of anilines is 1. The SMILES string of the molecule is O=C(CC1CC2CCC(C1)N2)Nc1cc(Br)cc(C(F)(F)F)c1. The second kappa shape index (κ2) is 6.43. The van der Waals surface area contributed by atoms with Gasteiger partial charge in [0.05, 0.1) is 5.56 Å². The van der Waals surface area contributed by atoms with Crippen LogP contribution in [0.15, 0.2) is 22.7 Å². The number of hydrogen-bond acceptors (Lipinski definition) is 2. The van der Waals surface area contributed by atoms with Gasteiger partial charge >= 0.3 is 6.18 Å². The largest absolute Gasteiger partial charge is 0.416 e. The quantitative estimate of drug-likeness (QED) is 0.806. The van der Waals surface area contributed by atoms with Gasteiger partial charge in [-0.2, -0.15) is 13.2 Å². The molecular weight excluding hydrogens is 373 g/mol. The van der Waals surface area contributed by atoms with Crippen LogP contribution in [0.5, 0.6) is 0 Å². The van der Waals surface area contributed by atoms with Crippen LogP contribution in [0.3, 0.4) is 0 Å². The summed E-state index contributed by atoms with van der Waals surface area (Å²) in [5.41, 5.74) is -0.601. The molecule has 23 heavy (non-hydrogen) atoms. The van der Waals surface area contributed by atoms with Crippen molar-refractivity contribution in [2.75, 3.05) is 5.32 Å². The third kappa shape index (κ3) is 4.26. The lowest BCUT2D eigenvalue weighted by molar-refractivity contribution is -0.137. The Labute approximate surface area is 141 Å². The molecule has 3 rings (SSSR count). The number of benzene rings is 1. The van der Waals surface area contributed by atoms with Gasteiger partial charge in [-0.3, -0.25) is 4.79 Å². The lowest BCUT2D eigenvalue weighted by Crippen LogP contribution is -2.39. The van der Waals surface area contributed by atoms with Crippen LogP contribution in [0.1, 0.15) is 37.7 Å². The van der Waals surface area contributed by atoms with Crippen LogP contribution in [0.2, 0.25) is 0 Å². The Balaban J connectivity index is 1.62. The summed E-state index contributed by atoms with van der Waals surface area (Å²) in [6.07, 6.45) is 0.180. The summed E-state index contributed by atoms with van der Waals surface area (Å²) in [5, 5.41) is 6.12. The first-order chi connectivity index (χ1) is 10.8. The normalized spacial score (nSPS) is 27.0. The highest BCUT2D eigenvalue weighted by molar-refractivity contribution is 9.10. The van der Waals surface area contributed by atoms with Crippen molar-refractivity contribution in [1.29, 1.82) is 0 Å². The molecule has 2 aliphatic heterocycles. The summed E-state index contributed by atoms with van der Waals surface area (Å²) >= 11 is 3.06. The molecule has 0 saturated carbocycles. The Hall–Kier alpha value is -1.08. The number of piperidine rings is 1. The van der Waals surface area contributed by atoms with E-state index < -0.39 is 11.7 Å². The van der Waals surface area contributed by atoms with Gasteiger partial charge in [-0.15, -0.1) is 0 Å². The van der Waals surface area contributed by atoms with Gasteiger partial charge in [0.1, 0.15) is 0 Å². The van der Waals surface area contributed by atoms with Crippen molar-refractivity contribution in [2.24, 2.45) is 5.92 Å². The van der Waals surface area contributed by atoms with E-state index in [4.69, 9.17) is 0 Å². The Morgan fingerprint density at radius 1 is 1.22 bits per heavy atom. The summed E-state index contributed by atoms with van der Waals surface area (Å²) in [5.74, 6) is 0.0884. The molecule has 126 valence electrons. The highest BCUT2D eigenvalue weighted by Gasteiger charge is 2.34. The topological polar surface area (TPSA) is 41.1 Å². The molecule has 2 fully saturated rings. The van der Waals surface area contributed by atoms with Gasteiger partial charge in [-0.25, -0.2) is 0 Å². The minimum atomic E-state index is -4.43. The maximum absolute atomic E-state index is 12.8. The molecule has 2 aliphatic rings. The number of nitrogens with one attached hydrogen (secondary N) is 2. The molecule has 0 radical (unpaired) electrons. The van der Waals surface area contributed by atoms with Gasteiger partial charge in [0.15, 0.2) is 0 Å². The molecule has 2 heterocycles. The summed E-state index contributed by atoms with van der Waals surface area (Å²) < 4.78 is 38.7. The number of hydrogen-bond donors (Lipinski definition) is 2. The molecule has 2 N–H and O–H groups in total. The highest BCUT2D eigenvalue weighted by Crippen LogP contribution is 2.35. The Morgan fingerprint density at radius 2 is 1.87 bits per heavy atom. The average molecular weight is 391 g/mol. The lowest BCUT2D eigenvalue weighted by atomic mass is 9.89. The van der Waals surface area contributed by atoms with Crippen molar-refractivity contribution in [3.05, 3.63) is 28.2 Å². The number of rotatable bonds is 3. The zero-order valence-corrected chi connectivity index (χ0v) is 14.0. The smallest absolute Gasteiger partial charge is 0.326 e. The Kier molecular flexibility index (Phi) is 4.69. The fraction of sp³-hybridized carbons (Fsp3) is 0.562. The van der Waals surface area contributed by atoms with E-state index in [0.29, 0.717) is 28.9 Å². The average Bonchev–Trinajstić information content (AvgIpc) is 2.76. The third-order valence-electron chi connectivity index (χ3n) is 4.55. The lowest BCUT2D eigenvalue weighted by Gasteiger charge is -2.28. The fourth-order valence-electron chi connectivity index (χ4n) is 3.64. The Morgan fingerprint density at radius 3 is 2.48 bits per heavy atom. The molecule has 7 heteroatoms. The van der Waals surface area contributed by atoms with Crippen molar-refractivity contribution in [3.8, 4) is 0 Å². The van der Waals surface area contributed by atoms with Crippen molar-refractivity contribution in [1.82, 2.24) is 5.32 Å². The van der Waals surface area contributed by atoms with Crippen LogP contribution in [-0.2, 0) is 11.0 Å². The van der Waals surface area contributed by atoms with E-state index in [2.05, 4.69) is 26.6 Å². The summed E-state index contributed by atoms with van der Waals surface area (Å²) in [6.45, 7) is 0. The first kappa shape index (κ1) is 16.8. The maximum atomic E-state index is 12.8. The van der Waals surface area contributed by atoms with Gasteiger partial charge in [0.2, 0.25) is 5.91 Å². The van der Waals surface area contributed by atoms with Gasteiger partial charge < -0.3 is 10.6 Å². The fourth-order valence-corrected chi connectivity index (χ4v) is 4.13. The maximum Gasteiger partial charge on any atom is 0.416 e. The molecule has 2 saturated heterocycles. The van der Waals surface area contributed by atoms with Crippen molar-refractivity contribution < 1.29 is 18.0 Å². The van der Waals surface area contributed by atoms with Crippen LogP contribution in [0, 0.1) is 5.92 Å². The van der Waals surface area contributed by atoms with Crippen LogP contribution < -0.4 is 10.6 Å². The predicted molar refractivity (Wildman–Crippen MR) is 85.1 cm³/mol. The first-order valence-electron chi connectivity index (χ1n) is 7.73. The monoisotopic (exact) mass is 390 g/mol. The van der Waals surface area contributed by atoms with Gasteiger partial charge in [0.25, 0.3) is 0 Å². The van der Waals surface area contributed by atoms with Crippen LogP contribution in [0.4, 0.5) is 18.9 Å². The van der Waals surface area contributed by atoms with E-state index in [1.54, 1.807) is 0 Å². The minimum absolute atomic E-state index is 0.175. The van der Waals surface area contributed by atoms with Gasteiger partial charge in [-0.1, -0.05) is 15.9 Å². The molecule has 1 aromatic rings. The molecule has 2 bridgehead atoms. The molecule has 3 nitrogen and oxygen atoms in total. The molecular formula is C16H18BrF3N2O. The number of amides is 1.